The zero-order valence-corrected chi connectivity index (χ0v) is 16.5. The summed E-state index contributed by atoms with van der Waals surface area (Å²) in [6, 6.07) is 0. The van der Waals surface area contributed by atoms with Crippen LogP contribution in [0.25, 0.3) is 0 Å². The van der Waals surface area contributed by atoms with Gasteiger partial charge in [-0.3, -0.25) is 4.99 Å². The molecule has 0 radical (unpaired) electrons. The predicted molar refractivity (Wildman–Crippen MR) is 98.9 cm³/mol. The lowest BCUT2D eigenvalue weighted by molar-refractivity contribution is 0.0168. The Morgan fingerprint density at radius 2 is 2.09 bits per heavy atom. The van der Waals surface area contributed by atoms with Crippen LogP contribution in [0.5, 0.6) is 0 Å². The molecule has 22 heavy (non-hydrogen) atoms. The van der Waals surface area contributed by atoms with Crippen molar-refractivity contribution < 1.29 is 17.9 Å². The van der Waals surface area contributed by atoms with E-state index in [2.05, 4.69) is 15.6 Å². The van der Waals surface area contributed by atoms with Crippen LogP contribution in [-0.2, 0) is 19.3 Å². The molecule has 0 aromatic rings. The van der Waals surface area contributed by atoms with Crippen molar-refractivity contribution in [3.05, 3.63) is 0 Å². The van der Waals surface area contributed by atoms with Crippen molar-refractivity contribution in [2.75, 3.05) is 52.0 Å². The lowest BCUT2D eigenvalue weighted by Gasteiger charge is -2.12. The molecule has 1 aliphatic heterocycles. The molecule has 0 bridgehead atoms. The maximum Gasteiger partial charge on any atom is 0.191 e. The average molecular weight is 449 g/mol. The Kier molecular flexibility index (Phi) is 12.2. The lowest BCUT2D eigenvalue weighted by Crippen LogP contribution is -2.40. The Hall–Kier alpha value is -0.130. The number of halogens is 1. The Balaban J connectivity index is 0.00000441. The van der Waals surface area contributed by atoms with Crippen LogP contribution >= 0.6 is 24.0 Å². The number of aliphatic imine (C=N–C) groups is 1. The molecule has 1 heterocycles. The number of guanidine groups is 1. The maximum absolute atomic E-state index is 11.0. The molecular weight excluding hydrogens is 421 g/mol. The molecule has 1 fully saturated rings. The van der Waals surface area contributed by atoms with Gasteiger partial charge in [-0.2, -0.15) is 0 Å². The second-order valence-electron chi connectivity index (χ2n) is 5.12. The summed E-state index contributed by atoms with van der Waals surface area (Å²) in [7, 11) is -1.29. The summed E-state index contributed by atoms with van der Waals surface area (Å²) >= 11 is 0. The summed E-state index contributed by atoms with van der Waals surface area (Å²) in [4.78, 5) is 4.03. The molecule has 0 aliphatic carbocycles. The highest BCUT2D eigenvalue weighted by Crippen LogP contribution is 2.11. The van der Waals surface area contributed by atoms with Gasteiger partial charge in [0.1, 0.15) is 9.84 Å². The van der Waals surface area contributed by atoms with Gasteiger partial charge in [0.25, 0.3) is 0 Å². The molecule has 7 nitrogen and oxygen atoms in total. The molecule has 0 aromatic carbocycles. The number of ether oxygens (including phenoxy) is 2. The second kappa shape index (κ2) is 12.3. The van der Waals surface area contributed by atoms with E-state index in [1.165, 1.54) is 6.26 Å². The number of hydrogen-bond acceptors (Lipinski definition) is 5. The molecule has 9 heteroatoms. The summed E-state index contributed by atoms with van der Waals surface area (Å²) in [6.45, 7) is 3.28. The Bertz CT molecular complexity index is 412. The minimum atomic E-state index is -2.95. The van der Waals surface area contributed by atoms with Gasteiger partial charge in [-0.05, 0) is 19.3 Å². The molecule has 1 unspecified atom stereocenters. The molecular formula is C13H28IN3O4S. The molecule has 1 rings (SSSR count). The highest BCUT2D eigenvalue weighted by atomic mass is 127. The summed E-state index contributed by atoms with van der Waals surface area (Å²) < 4.78 is 33.1. The van der Waals surface area contributed by atoms with Crippen molar-refractivity contribution in [3.8, 4) is 0 Å². The fraction of sp³-hybridized carbons (Fsp3) is 0.923. The van der Waals surface area contributed by atoms with Gasteiger partial charge >= 0.3 is 0 Å². The molecule has 0 saturated carbocycles. The number of hydrogen-bond donors (Lipinski definition) is 2. The van der Waals surface area contributed by atoms with E-state index in [-0.39, 0.29) is 35.8 Å². The normalized spacial score (nSPS) is 18.8. The van der Waals surface area contributed by atoms with E-state index in [0.717, 1.165) is 32.4 Å². The quantitative estimate of drug-likeness (QED) is 0.229. The van der Waals surface area contributed by atoms with Crippen molar-refractivity contribution in [1.82, 2.24) is 10.6 Å². The van der Waals surface area contributed by atoms with E-state index < -0.39 is 9.84 Å². The molecule has 132 valence electrons. The van der Waals surface area contributed by atoms with Gasteiger partial charge in [-0.25, -0.2) is 8.42 Å². The van der Waals surface area contributed by atoms with Crippen molar-refractivity contribution in [3.63, 3.8) is 0 Å². The highest BCUT2D eigenvalue weighted by molar-refractivity contribution is 14.0. The van der Waals surface area contributed by atoms with Crippen molar-refractivity contribution in [1.29, 1.82) is 0 Å². The van der Waals surface area contributed by atoms with Crippen LogP contribution in [0.2, 0.25) is 0 Å². The monoisotopic (exact) mass is 449 g/mol. The summed E-state index contributed by atoms with van der Waals surface area (Å²) in [5.74, 6) is 0.704. The first-order valence-electron chi connectivity index (χ1n) is 7.33. The second-order valence-corrected chi connectivity index (χ2v) is 7.38. The fourth-order valence-corrected chi connectivity index (χ4v) is 2.42. The van der Waals surface area contributed by atoms with Crippen molar-refractivity contribution in [2.24, 2.45) is 4.99 Å². The molecule has 0 spiro atoms. The molecule has 2 N–H and O–H groups in total. The SMILES string of the molecule is CN=C(NCCCOCC1CCCO1)NCCS(C)(=O)=O.I. The van der Waals surface area contributed by atoms with E-state index >= 15 is 0 Å². The Labute approximate surface area is 150 Å². The average Bonchev–Trinajstić information content (AvgIpc) is 2.92. The molecule has 1 atom stereocenters. The van der Waals surface area contributed by atoms with E-state index in [1.54, 1.807) is 7.05 Å². The van der Waals surface area contributed by atoms with E-state index in [0.29, 0.717) is 25.7 Å². The van der Waals surface area contributed by atoms with E-state index in [1.807, 2.05) is 0 Å². The fourth-order valence-electron chi connectivity index (χ4n) is 1.95. The van der Waals surface area contributed by atoms with Gasteiger partial charge in [-0.1, -0.05) is 0 Å². The standard InChI is InChI=1S/C13H27N3O4S.HI/c1-14-13(16-7-10-21(2,17)18)15-6-4-8-19-11-12-5-3-9-20-12;/h12H,3-11H2,1-2H3,(H2,14,15,16);1H. The van der Waals surface area contributed by atoms with Gasteiger partial charge in [0.05, 0.1) is 18.5 Å². The smallest absolute Gasteiger partial charge is 0.191 e. The van der Waals surface area contributed by atoms with Crippen molar-refractivity contribution >= 4 is 39.8 Å². The van der Waals surface area contributed by atoms with E-state index in [4.69, 9.17) is 9.47 Å². The minimum absolute atomic E-state index is 0. The zero-order chi connectivity index (χ0) is 15.6. The maximum atomic E-state index is 11.0. The van der Waals surface area contributed by atoms with Gasteiger partial charge in [0.15, 0.2) is 5.96 Å². The Morgan fingerprint density at radius 1 is 1.36 bits per heavy atom. The van der Waals surface area contributed by atoms with Crippen molar-refractivity contribution in [2.45, 2.75) is 25.4 Å². The first-order chi connectivity index (χ1) is 10.0. The third-order valence-corrected chi connectivity index (χ3v) is 4.02. The summed E-state index contributed by atoms with van der Waals surface area (Å²) in [6.07, 6.45) is 4.57. The van der Waals surface area contributed by atoms with Gasteiger partial charge in [0.2, 0.25) is 0 Å². The number of rotatable bonds is 9. The number of nitrogens with zero attached hydrogens (tertiary/aromatic N) is 1. The third kappa shape index (κ3) is 11.4. The van der Waals surface area contributed by atoms with Gasteiger partial charge in [0, 0.05) is 39.6 Å². The molecule has 1 aliphatic rings. The van der Waals surface area contributed by atoms with Crippen LogP contribution in [0.1, 0.15) is 19.3 Å². The minimum Gasteiger partial charge on any atom is -0.379 e. The zero-order valence-electron chi connectivity index (χ0n) is 13.3. The topological polar surface area (TPSA) is 89.0 Å². The third-order valence-electron chi connectivity index (χ3n) is 3.07. The number of sulfone groups is 1. The summed E-state index contributed by atoms with van der Waals surface area (Å²) in [5, 5.41) is 6.08. The molecule has 0 amide bonds. The lowest BCUT2D eigenvalue weighted by atomic mass is 10.2. The van der Waals surface area contributed by atoms with Crippen LogP contribution in [0.15, 0.2) is 4.99 Å². The largest absolute Gasteiger partial charge is 0.379 e. The Morgan fingerprint density at radius 3 is 2.68 bits per heavy atom. The first kappa shape index (κ1) is 21.9. The number of nitrogens with one attached hydrogen (secondary N) is 2. The summed E-state index contributed by atoms with van der Waals surface area (Å²) in [5.41, 5.74) is 0. The van der Waals surface area contributed by atoms with Crippen LogP contribution in [-0.4, -0.2) is 72.4 Å². The van der Waals surface area contributed by atoms with Crippen LogP contribution in [0.3, 0.4) is 0 Å². The predicted octanol–water partition coefficient (Wildman–Crippen LogP) is 0.400. The van der Waals surface area contributed by atoms with Crippen LogP contribution in [0.4, 0.5) is 0 Å². The van der Waals surface area contributed by atoms with Gasteiger partial charge < -0.3 is 20.1 Å². The van der Waals surface area contributed by atoms with E-state index in [9.17, 15) is 8.42 Å². The highest BCUT2D eigenvalue weighted by Gasteiger charge is 2.14. The van der Waals surface area contributed by atoms with Crippen LogP contribution < -0.4 is 10.6 Å². The molecule has 1 saturated heterocycles. The molecule has 0 aromatic heterocycles. The van der Waals surface area contributed by atoms with Crippen LogP contribution in [0, 0.1) is 0 Å². The van der Waals surface area contributed by atoms with Gasteiger partial charge in [-0.15, -0.1) is 24.0 Å². The first-order valence-corrected chi connectivity index (χ1v) is 9.39.